The Morgan fingerprint density at radius 2 is 1.65 bits per heavy atom. The minimum absolute atomic E-state index is 0.239. The molecule has 2 aliphatic rings. The van der Waals surface area contributed by atoms with E-state index in [-0.39, 0.29) is 4.90 Å². The third-order valence-corrected chi connectivity index (χ3v) is 5.22. The number of hydrogen-bond acceptors (Lipinski definition) is 5. The summed E-state index contributed by atoms with van der Waals surface area (Å²) < 4.78 is 42.7. The number of nitrogens with zero attached hydrogens (tertiary/aromatic N) is 1. The first-order chi connectivity index (χ1) is 9.68. The van der Waals surface area contributed by atoms with E-state index in [1.807, 2.05) is 0 Å². The molecule has 1 aromatic rings. The second-order valence-corrected chi connectivity index (χ2v) is 6.61. The Morgan fingerprint density at radius 1 is 0.950 bits per heavy atom. The Balaban J connectivity index is 1.91. The largest absolute Gasteiger partial charge is 0.490 e. The Kier molecular flexibility index (Phi) is 3.82. The van der Waals surface area contributed by atoms with Crippen LogP contribution >= 0.6 is 0 Å². The van der Waals surface area contributed by atoms with Gasteiger partial charge in [0.05, 0.1) is 31.3 Å². The van der Waals surface area contributed by atoms with Crippen molar-refractivity contribution in [3.63, 3.8) is 0 Å². The summed E-state index contributed by atoms with van der Waals surface area (Å²) in [5.74, 6) is 1.10. The smallest absolute Gasteiger partial charge is 0.243 e. The first-order valence-electron chi connectivity index (χ1n) is 6.65. The van der Waals surface area contributed by atoms with E-state index in [2.05, 4.69) is 0 Å². The molecule has 0 unspecified atom stereocenters. The summed E-state index contributed by atoms with van der Waals surface area (Å²) in [5.41, 5.74) is 0. The second kappa shape index (κ2) is 5.59. The molecule has 7 heteroatoms. The Bertz CT molecular complexity index is 580. The zero-order valence-electron chi connectivity index (χ0n) is 11.1. The monoisotopic (exact) mass is 299 g/mol. The van der Waals surface area contributed by atoms with Crippen LogP contribution in [-0.4, -0.2) is 52.2 Å². The number of hydrogen-bond donors (Lipinski definition) is 0. The fraction of sp³-hybridized carbons (Fsp3) is 0.538. The summed E-state index contributed by atoms with van der Waals surface area (Å²) in [5, 5.41) is 0. The highest BCUT2D eigenvalue weighted by Crippen LogP contribution is 2.32. The van der Waals surface area contributed by atoms with Crippen LogP contribution in [0.5, 0.6) is 11.5 Å². The maximum atomic E-state index is 12.5. The van der Waals surface area contributed by atoms with Gasteiger partial charge in [-0.3, -0.25) is 0 Å². The Hall–Kier alpha value is -1.31. The molecule has 0 bridgehead atoms. The minimum atomic E-state index is -3.49. The maximum absolute atomic E-state index is 12.5. The molecule has 1 aromatic carbocycles. The van der Waals surface area contributed by atoms with E-state index < -0.39 is 10.0 Å². The van der Waals surface area contributed by atoms with Crippen LogP contribution < -0.4 is 9.47 Å². The van der Waals surface area contributed by atoms with Gasteiger partial charge in [-0.25, -0.2) is 8.42 Å². The molecular formula is C13H17NO5S. The SMILES string of the molecule is O=S(=O)(c1ccc2c(c1)OCCCO2)N1CCOCC1. The molecule has 1 saturated heterocycles. The molecule has 2 heterocycles. The average Bonchev–Trinajstić information content (AvgIpc) is 2.72. The van der Waals surface area contributed by atoms with E-state index in [4.69, 9.17) is 14.2 Å². The maximum Gasteiger partial charge on any atom is 0.243 e. The lowest BCUT2D eigenvalue weighted by Crippen LogP contribution is -2.40. The standard InChI is InChI=1S/C13H17NO5S/c15-20(16,14-4-8-17-9-5-14)11-2-3-12-13(10-11)19-7-1-6-18-12/h2-3,10H,1,4-9H2. The molecule has 0 atom stereocenters. The van der Waals surface area contributed by atoms with Gasteiger partial charge in [-0.05, 0) is 12.1 Å². The van der Waals surface area contributed by atoms with Crippen LogP contribution in [0.2, 0.25) is 0 Å². The van der Waals surface area contributed by atoms with Crippen molar-refractivity contribution in [1.29, 1.82) is 0 Å². The number of sulfonamides is 1. The summed E-state index contributed by atoms with van der Waals surface area (Å²) in [6.45, 7) is 2.76. The number of ether oxygens (including phenoxy) is 3. The quantitative estimate of drug-likeness (QED) is 0.810. The highest BCUT2D eigenvalue weighted by atomic mass is 32.2. The van der Waals surface area contributed by atoms with E-state index >= 15 is 0 Å². The van der Waals surface area contributed by atoms with Crippen molar-refractivity contribution in [3.8, 4) is 11.5 Å². The van der Waals surface area contributed by atoms with E-state index in [1.165, 1.54) is 4.31 Å². The first-order valence-corrected chi connectivity index (χ1v) is 8.09. The van der Waals surface area contributed by atoms with E-state index in [1.54, 1.807) is 18.2 Å². The molecule has 0 spiro atoms. The van der Waals surface area contributed by atoms with Gasteiger partial charge in [0.15, 0.2) is 11.5 Å². The summed E-state index contributed by atoms with van der Waals surface area (Å²) in [6.07, 6.45) is 0.792. The molecule has 0 saturated carbocycles. The van der Waals surface area contributed by atoms with E-state index in [9.17, 15) is 8.42 Å². The normalized spacial score (nSPS) is 20.4. The van der Waals surface area contributed by atoms with Crippen LogP contribution in [0.3, 0.4) is 0 Å². The van der Waals surface area contributed by atoms with Crippen molar-refractivity contribution in [2.45, 2.75) is 11.3 Å². The minimum Gasteiger partial charge on any atom is -0.490 e. The molecule has 110 valence electrons. The molecule has 20 heavy (non-hydrogen) atoms. The molecule has 3 rings (SSSR count). The van der Waals surface area contributed by atoms with Gasteiger partial charge in [0.2, 0.25) is 10.0 Å². The fourth-order valence-corrected chi connectivity index (χ4v) is 3.66. The first kappa shape index (κ1) is 13.7. The zero-order valence-corrected chi connectivity index (χ0v) is 11.9. The third-order valence-electron chi connectivity index (χ3n) is 3.33. The summed E-state index contributed by atoms with van der Waals surface area (Å²) in [7, 11) is -3.49. The topological polar surface area (TPSA) is 65.1 Å². The predicted molar refractivity (Wildman–Crippen MR) is 71.6 cm³/mol. The van der Waals surface area contributed by atoms with Gasteiger partial charge in [0, 0.05) is 25.6 Å². The molecule has 0 aliphatic carbocycles. The van der Waals surface area contributed by atoms with Crippen molar-refractivity contribution in [3.05, 3.63) is 18.2 Å². The number of fused-ring (bicyclic) bond motifs is 1. The molecule has 2 aliphatic heterocycles. The highest BCUT2D eigenvalue weighted by molar-refractivity contribution is 7.89. The molecule has 6 nitrogen and oxygen atoms in total. The van der Waals surface area contributed by atoms with Crippen molar-refractivity contribution in [1.82, 2.24) is 4.31 Å². The number of morpholine rings is 1. The summed E-state index contributed by atoms with van der Waals surface area (Å²) >= 11 is 0. The van der Waals surface area contributed by atoms with E-state index in [0.29, 0.717) is 51.0 Å². The lowest BCUT2D eigenvalue weighted by Gasteiger charge is -2.26. The predicted octanol–water partition coefficient (Wildman–Crippen LogP) is 0.869. The summed E-state index contributed by atoms with van der Waals surface area (Å²) in [4.78, 5) is 0.239. The Morgan fingerprint density at radius 3 is 2.40 bits per heavy atom. The van der Waals surface area contributed by atoms with Gasteiger partial charge in [0.1, 0.15) is 0 Å². The van der Waals surface area contributed by atoms with Crippen molar-refractivity contribution < 1.29 is 22.6 Å². The number of benzene rings is 1. The van der Waals surface area contributed by atoms with Gasteiger partial charge in [-0.15, -0.1) is 0 Å². The van der Waals surface area contributed by atoms with Crippen LogP contribution in [-0.2, 0) is 14.8 Å². The average molecular weight is 299 g/mol. The van der Waals surface area contributed by atoms with Crippen molar-refractivity contribution >= 4 is 10.0 Å². The van der Waals surface area contributed by atoms with Gasteiger partial charge in [-0.1, -0.05) is 0 Å². The lowest BCUT2D eigenvalue weighted by atomic mass is 10.3. The van der Waals surface area contributed by atoms with Crippen molar-refractivity contribution in [2.24, 2.45) is 0 Å². The molecule has 0 aromatic heterocycles. The molecule has 0 radical (unpaired) electrons. The van der Waals surface area contributed by atoms with Gasteiger partial charge in [-0.2, -0.15) is 4.31 Å². The Labute approximate surface area is 118 Å². The summed E-state index contributed by atoms with van der Waals surface area (Å²) in [6, 6.07) is 4.78. The van der Waals surface area contributed by atoms with Crippen LogP contribution in [0.15, 0.2) is 23.1 Å². The van der Waals surface area contributed by atoms with Crippen LogP contribution in [0.4, 0.5) is 0 Å². The number of rotatable bonds is 2. The van der Waals surface area contributed by atoms with Crippen LogP contribution in [0.25, 0.3) is 0 Å². The van der Waals surface area contributed by atoms with Gasteiger partial charge in [0.25, 0.3) is 0 Å². The highest BCUT2D eigenvalue weighted by Gasteiger charge is 2.27. The molecule has 1 fully saturated rings. The van der Waals surface area contributed by atoms with E-state index in [0.717, 1.165) is 6.42 Å². The molecule has 0 N–H and O–H groups in total. The van der Waals surface area contributed by atoms with Crippen LogP contribution in [0, 0.1) is 0 Å². The van der Waals surface area contributed by atoms with Crippen molar-refractivity contribution in [2.75, 3.05) is 39.5 Å². The second-order valence-electron chi connectivity index (χ2n) is 4.68. The lowest BCUT2D eigenvalue weighted by molar-refractivity contribution is 0.0730. The third kappa shape index (κ3) is 2.61. The van der Waals surface area contributed by atoms with Crippen LogP contribution in [0.1, 0.15) is 6.42 Å². The molecular weight excluding hydrogens is 282 g/mol. The van der Waals surface area contributed by atoms with Gasteiger partial charge >= 0.3 is 0 Å². The van der Waals surface area contributed by atoms with Gasteiger partial charge < -0.3 is 14.2 Å². The fourth-order valence-electron chi connectivity index (χ4n) is 2.24. The zero-order chi connectivity index (χ0) is 14.0. The molecule has 0 amide bonds.